The smallest absolute Gasteiger partial charge is 0.260 e. The van der Waals surface area contributed by atoms with Crippen molar-refractivity contribution >= 4 is 33.8 Å². The molecule has 0 aliphatic carbocycles. The van der Waals surface area contributed by atoms with E-state index in [1.807, 2.05) is 65.6 Å². The number of anilines is 1. The van der Waals surface area contributed by atoms with Gasteiger partial charge in [0.25, 0.3) is 5.91 Å². The zero-order chi connectivity index (χ0) is 21.8. The Kier molecular flexibility index (Phi) is 5.91. The summed E-state index contributed by atoms with van der Waals surface area (Å²) in [7, 11) is 0. The van der Waals surface area contributed by atoms with Gasteiger partial charge in [0.1, 0.15) is 0 Å². The molecular weight excluding hydrogens is 410 g/mol. The zero-order valence-electron chi connectivity index (χ0n) is 17.6. The van der Waals surface area contributed by atoms with Gasteiger partial charge in [-0.15, -0.1) is 11.8 Å². The first-order chi connectivity index (χ1) is 15.8. The molecule has 1 amide bonds. The number of benzene rings is 4. The van der Waals surface area contributed by atoms with Crippen molar-refractivity contribution in [1.82, 2.24) is 0 Å². The molecule has 1 aliphatic rings. The van der Waals surface area contributed by atoms with Gasteiger partial charge < -0.3 is 4.90 Å². The zero-order valence-corrected chi connectivity index (χ0v) is 18.5. The van der Waals surface area contributed by atoms with Crippen molar-refractivity contribution in [1.29, 1.82) is 0 Å². The lowest BCUT2D eigenvalue weighted by Crippen LogP contribution is -2.25. The van der Waals surface area contributed by atoms with Crippen LogP contribution in [0.2, 0.25) is 0 Å². The Morgan fingerprint density at radius 3 is 1.91 bits per heavy atom. The number of carbonyl (C=O) groups excluding carboxylic acids is 1. The molecule has 0 N–H and O–H groups in total. The highest BCUT2D eigenvalue weighted by Gasteiger charge is 2.34. The summed E-state index contributed by atoms with van der Waals surface area (Å²) >= 11 is 1.73. The number of carbonyl (C=O) groups is 1. The van der Waals surface area contributed by atoms with Gasteiger partial charge in [0.2, 0.25) is 0 Å². The average Bonchev–Trinajstić information content (AvgIpc) is 3.13. The van der Waals surface area contributed by atoms with E-state index in [9.17, 15) is 4.79 Å². The van der Waals surface area contributed by atoms with Crippen molar-refractivity contribution < 1.29 is 4.79 Å². The highest BCUT2D eigenvalue weighted by molar-refractivity contribution is 8.07. The number of thioether (sulfide) groups is 1. The number of para-hydroxylation sites is 1. The first kappa shape index (κ1) is 20.3. The Morgan fingerprint density at radius 2 is 1.22 bits per heavy atom. The van der Waals surface area contributed by atoms with Crippen molar-refractivity contribution in [3.63, 3.8) is 0 Å². The molecule has 5 rings (SSSR count). The first-order valence-corrected chi connectivity index (χ1v) is 11.7. The van der Waals surface area contributed by atoms with Crippen LogP contribution in [-0.2, 0) is 17.1 Å². The van der Waals surface area contributed by atoms with Gasteiger partial charge >= 0.3 is 0 Å². The first-order valence-electron chi connectivity index (χ1n) is 10.7. The van der Waals surface area contributed by atoms with Crippen molar-refractivity contribution in [3.8, 4) is 0 Å². The van der Waals surface area contributed by atoms with Crippen LogP contribution in [0, 0.1) is 0 Å². The molecule has 0 spiro atoms. The second-order valence-electron chi connectivity index (χ2n) is 7.74. The second kappa shape index (κ2) is 9.29. The number of fused-ring (bicyclic) bond motifs is 1. The van der Waals surface area contributed by atoms with Crippen LogP contribution in [0.3, 0.4) is 0 Å². The summed E-state index contributed by atoms with van der Waals surface area (Å²) in [5.74, 6) is 0.873. The highest BCUT2D eigenvalue weighted by atomic mass is 32.2. The molecular formula is C29H23NOS. The van der Waals surface area contributed by atoms with Crippen LogP contribution in [-0.4, -0.2) is 5.91 Å². The van der Waals surface area contributed by atoms with E-state index in [1.165, 1.54) is 5.56 Å². The van der Waals surface area contributed by atoms with Crippen molar-refractivity contribution in [2.45, 2.75) is 12.3 Å². The number of hydrogen-bond acceptors (Lipinski definition) is 2. The molecule has 1 aliphatic heterocycles. The molecule has 4 aromatic rings. The van der Waals surface area contributed by atoms with Gasteiger partial charge in [-0.1, -0.05) is 109 Å². The normalized spacial score (nSPS) is 14.4. The number of hydrogen-bond donors (Lipinski definition) is 0. The molecule has 2 nitrogen and oxygen atoms in total. The molecule has 32 heavy (non-hydrogen) atoms. The fraction of sp³-hybridized carbons (Fsp3) is 0.0690. The van der Waals surface area contributed by atoms with E-state index in [1.54, 1.807) is 11.8 Å². The summed E-state index contributed by atoms with van der Waals surface area (Å²) < 4.78 is 0. The van der Waals surface area contributed by atoms with Gasteiger partial charge in [-0.05, 0) is 22.8 Å². The van der Waals surface area contributed by atoms with Gasteiger partial charge in [-0.3, -0.25) is 4.79 Å². The summed E-state index contributed by atoms with van der Waals surface area (Å²) in [6.45, 7) is 0.561. The molecule has 3 heteroatoms. The van der Waals surface area contributed by atoms with E-state index in [0.717, 1.165) is 38.6 Å². The van der Waals surface area contributed by atoms with Crippen LogP contribution in [0.4, 0.5) is 5.69 Å². The van der Waals surface area contributed by atoms with Crippen molar-refractivity contribution in [2.75, 3.05) is 4.90 Å². The molecule has 0 saturated carbocycles. The fourth-order valence-corrected chi connectivity index (χ4v) is 5.19. The van der Waals surface area contributed by atoms with Crippen LogP contribution in [0.15, 0.2) is 115 Å². The molecule has 0 radical (unpaired) electrons. The lowest BCUT2D eigenvalue weighted by molar-refractivity contribution is -0.113. The standard InChI is InChI=1S/C29H23NOS/c31-29-27(25-18-10-11-19-26(25)30(29)20-22-12-4-1-5-13-22)28(24-16-8-3-9-17-24)32-21-23-14-6-2-7-15-23/h1-19H,20-21H2/b28-27-. The van der Waals surface area contributed by atoms with Crippen LogP contribution < -0.4 is 4.90 Å². The second-order valence-corrected chi connectivity index (χ2v) is 8.72. The van der Waals surface area contributed by atoms with Gasteiger partial charge in [0.15, 0.2) is 0 Å². The minimum atomic E-state index is 0.0643. The maximum Gasteiger partial charge on any atom is 0.260 e. The Bertz CT molecular complexity index is 1250. The lowest BCUT2D eigenvalue weighted by Gasteiger charge is -2.17. The van der Waals surface area contributed by atoms with Crippen LogP contribution in [0.25, 0.3) is 10.5 Å². The Morgan fingerprint density at radius 1 is 0.656 bits per heavy atom. The van der Waals surface area contributed by atoms with E-state index in [-0.39, 0.29) is 5.91 Å². The largest absolute Gasteiger partial charge is 0.303 e. The molecule has 156 valence electrons. The van der Waals surface area contributed by atoms with E-state index in [4.69, 9.17) is 0 Å². The third kappa shape index (κ3) is 4.12. The fourth-order valence-electron chi connectivity index (χ4n) is 4.04. The van der Waals surface area contributed by atoms with E-state index < -0.39 is 0 Å². The van der Waals surface area contributed by atoms with Crippen LogP contribution >= 0.6 is 11.8 Å². The topological polar surface area (TPSA) is 20.3 Å². The number of rotatable bonds is 6. The van der Waals surface area contributed by atoms with Crippen molar-refractivity contribution in [2.24, 2.45) is 0 Å². The maximum absolute atomic E-state index is 13.8. The Hall–Kier alpha value is -3.56. The summed E-state index contributed by atoms with van der Waals surface area (Å²) in [4.78, 5) is 16.8. The van der Waals surface area contributed by atoms with Gasteiger partial charge in [0.05, 0.1) is 17.8 Å². The minimum Gasteiger partial charge on any atom is -0.303 e. The highest BCUT2D eigenvalue weighted by Crippen LogP contribution is 2.45. The Balaban J connectivity index is 1.60. The van der Waals surface area contributed by atoms with Gasteiger partial charge in [-0.2, -0.15) is 0 Å². The SMILES string of the molecule is O=C1/C(=C(\SCc2ccccc2)c2ccccc2)c2ccccc2N1Cc1ccccc1. The van der Waals surface area contributed by atoms with Crippen molar-refractivity contribution in [3.05, 3.63) is 138 Å². The van der Waals surface area contributed by atoms with E-state index in [0.29, 0.717) is 6.54 Å². The maximum atomic E-state index is 13.8. The molecule has 4 aromatic carbocycles. The Labute approximate surface area is 193 Å². The van der Waals surface area contributed by atoms with E-state index in [2.05, 4.69) is 54.6 Å². The van der Waals surface area contributed by atoms with Gasteiger partial charge in [0, 0.05) is 16.2 Å². The number of amides is 1. The third-order valence-corrected chi connectivity index (χ3v) is 6.80. The molecule has 0 bridgehead atoms. The van der Waals surface area contributed by atoms with E-state index >= 15 is 0 Å². The molecule has 0 saturated heterocycles. The lowest BCUT2D eigenvalue weighted by atomic mass is 10.0. The minimum absolute atomic E-state index is 0.0643. The van der Waals surface area contributed by atoms with Crippen LogP contribution in [0.1, 0.15) is 22.3 Å². The van der Waals surface area contributed by atoms with Crippen LogP contribution in [0.5, 0.6) is 0 Å². The predicted molar refractivity (Wildman–Crippen MR) is 135 cm³/mol. The summed E-state index contributed by atoms with van der Waals surface area (Å²) in [6, 6.07) is 39.0. The molecule has 0 atom stereocenters. The molecule has 0 aromatic heterocycles. The third-order valence-electron chi connectivity index (χ3n) is 5.60. The molecule has 0 unspecified atom stereocenters. The number of nitrogens with zero attached hydrogens (tertiary/aromatic N) is 1. The quantitative estimate of drug-likeness (QED) is 0.304. The molecule has 0 fully saturated rings. The summed E-state index contributed by atoms with van der Waals surface area (Å²) in [6.07, 6.45) is 0. The summed E-state index contributed by atoms with van der Waals surface area (Å²) in [5.41, 5.74) is 6.22. The summed E-state index contributed by atoms with van der Waals surface area (Å²) in [5, 5.41) is 0. The predicted octanol–water partition coefficient (Wildman–Crippen LogP) is 7.04. The monoisotopic (exact) mass is 433 g/mol. The van der Waals surface area contributed by atoms with Gasteiger partial charge in [-0.25, -0.2) is 0 Å². The average molecular weight is 434 g/mol. The molecule has 1 heterocycles.